The molecule has 0 aliphatic carbocycles. The Labute approximate surface area is 189 Å². The second-order valence-electron chi connectivity index (χ2n) is 7.13. The van der Waals surface area contributed by atoms with E-state index >= 15 is 0 Å². The van der Waals surface area contributed by atoms with Gasteiger partial charge in [-0.15, -0.1) is 0 Å². The Morgan fingerprint density at radius 1 is 0.211 bits per heavy atom. The largest absolute Gasteiger partial charge is 0.460 e. The first kappa shape index (κ1) is 36.2. The van der Waals surface area contributed by atoms with Gasteiger partial charge in [0.2, 0.25) is 0 Å². The molecule has 0 saturated carbocycles. The molecule has 0 N–H and O–H groups in total. The molecule has 38 heavy (non-hydrogen) atoms. The van der Waals surface area contributed by atoms with Gasteiger partial charge < -0.3 is 0 Å². The zero-order valence-electron chi connectivity index (χ0n) is 16.4. The van der Waals surface area contributed by atoms with Gasteiger partial charge in [0.25, 0.3) is 0 Å². The summed E-state index contributed by atoms with van der Waals surface area (Å²) in [7, 11) is 0. The molecule has 0 bridgehead atoms. The van der Waals surface area contributed by atoms with Crippen LogP contribution in [-0.2, 0) is 0 Å². The van der Waals surface area contributed by atoms with Crippen molar-refractivity contribution in [2.24, 2.45) is 0 Å². The molecule has 0 aromatic carbocycles. The molecule has 0 atom stereocenters. The molecule has 0 spiro atoms. The van der Waals surface area contributed by atoms with Crippen LogP contribution in [0.5, 0.6) is 0 Å². The van der Waals surface area contributed by atoms with E-state index in [2.05, 4.69) is 0 Å². The minimum atomic E-state index is -9.55. The smallest absolute Gasteiger partial charge is 0.200 e. The van der Waals surface area contributed by atoms with Gasteiger partial charge in [0.05, 0.1) is 0 Å². The second kappa shape index (κ2) is 8.38. The van der Waals surface area contributed by atoms with E-state index in [-0.39, 0.29) is 0 Å². The Kier molecular flexibility index (Phi) is 7.99. The van der Waals surface area contributed by atoms with Crippen LogP contribution in [-0.4, -0.2) is 71.3 Å². The third kappa shape index (κ3) is 4.00. The summed E-state index contributed by atoms with van der Waals surface area (Å²) < 4.78 is 324. The van der Waals surface area contributed by atoms with Crippen molar-refractivity contribution in [3.63, 3.8) is 0 Å². The fourth-order valence-electron chi connectivity index (χ4n) is 2.03. The summed E-state index contributed by atoms with van der Waals surface area (Å²) in [5.41, 5.74) is 0. The van der Waals surface area contributed by atoms with Crippen molar-refractivity contribution >= 4 is 0 Å². The van der Waals surface area contributed by atoms with E-state index in [9.17, 15) is 110 Å². The van der Waals surface area contributed by atoms with Crippen LogP contribution in [0.2, 0.25) is 0 Å². The van der Waals surface area contributed by atoms with Crippen LogP contribution in [0.1, 0.15) is 6.92 Å². The van der Waals surface area contributed by atoms with Crippen molar-refractivity contribution in [3.05, 3.63) is 0 Å². The van der Waals surface area contributed by atoms with Gasteiger partial charge in [-0.3, -0.25) is 0 Å². The lowest BCUT2D eigenvalue weighted by Crippen LogP contribution is -2.78. The number of rotatable bonds is 10. The molecule has 0 unspecified atom stereocenters. The van der Waals surface area contributed by atoms with Gasteiger partial charge in [-0.2, -0.15) is 110 Å². The summed E-state index contributed by atoms with van der Waals surface area (Å²) in [6.45, 7) is -1.51. The van der Waals surface area contributed by atoms with E-state index in [1.54, 1.807) is 0 Å². The molecule has 25 heteroatoms. The molecule has 0 fully saturated rings. The molecule has 0 heterocycles. The zero-order chi connectivity index (χ0) is 32.0. The molecular weight excluding hydrogens is 631 g/mol. The van der Waals surface area contributed by atoms with Gasteiger partial charge in [0.15, 0.2) is 0 Å². The van der Waals surface area contributed by atoms with Gasteiger partial charge in [-0.25, -0.2) is 0 Å². The van der Waals surface area contributed by atoms with E-state index in [0.29, 0.717) is 0 Å². The molecular formula is C13H3F25. The van der Waals surface area contributed by atoms with Gasteiger partial charge in [-0.05, 0) is 0 Å². The van der Waals surface area contributed by atoms with Gasteiger partial charge in [-0.1, -0.05) is 0 Å². The Balaban J connectivity index is 7.29. The van der Waals surface area contributed by atoms with Gasteiger partial charge >= 0.3 is 71.3 Å². The van der Waals surface area contributed by atoms with Crippen LogP contribution in [0.25, 0.3) is 0 Å². The Hall–Kier alpha value is -1.75. The summed E-state index contributed by atoms with van der Waals surface area (Å²) in [5.74, 6) is -97.6. The lowest BCUT2D eigenvalue weighted by atomic mass is 9.84. The fraction of sp³-hybridized carbons (Fsp3) is 1.00. The highest BCUT2D eigenvalue weighted by Crippen LogP contribution is 2.67. The lowest BCUT2D eigenvalue weighted by Gasteiger charge is -2.45. The molecule has 0 saturated heterocycles. The summed E-state index contributed by atoms with van der Waals surface area (Å²) in [6.07, 6.45) is -8.15. The molecule has 0 rings (SSSR count). The number of halogens is 25. The van der Waals surface area contributed by atoms with Crippen molar-refractivity contribution in [1.29, 1.82) is 0 Å². The van der Waals surface area contributed by atoms with Crippen molar-refractivity contribution in [2.45, 2.75) is 78.2 Å². The maximum Gasteiger partial charge on any atom is 0.460 e. The van der Waals surface area contributed by atoms with Gasteiger partial charge in [0, 0.05) is 6.92 Å². The number of hydrogen-bond donors (Lipinski definition) is 0. The van der Waals surface area contributed by atoms with E-state index in [1.165, 1.54) is 0 Å². The first-order chi connectivity index (χ1) is 15.8. The summed E-state index contributed by atoms with van der Waals surface area (Å²) in [4.78, 5) is 0. The molecule has 0 aromatic heterocycles. The molecule has 0 aromatic rings. The molecule has 0 aliphatic rings. The zero-order valence-corrected chi connectivity index (χ0v) is 16.4. The van der Waals surface area contributed by atoms with Crippen molar-refractivity contribution in [2.75, 3.05) is 0 Å². The second-order valence-corrected chi connectivity index (χ2v) is 7.13. The van der Waals surface area contributed by atoms with Crippen LogP contribution >= 0.6 is 0 Å². The minimum absolute atomic E-state index is 1.51. The highest BCUT2D eigenvalue weighted by molar-refractivity contribution is 5.19. The van der Waals surface area contributed by atoms with Gasteiger partial charge in [0.1, 0.15) is 0 Å². The highest BCUT2D eigenvalue weighted by atomic mass is 19.4. The van der Waals surface area contributed by atoms with Crippen LogP contribution in [0, 0.1) is 0 Å². The van der Waals surface area contributed by atoms with E-state index < -0.39 is 78.2 Å². The third-order valence-corrected chi connectivity index (χ3v) is 4.46. The van der Waals surface area contributed by atoms with Crippen LogP contribution in [0.15, 0.2) is 0 Å². The average Bonchev–Trinajstić information content (AvgIpc) is 2.64. The Bertz CT molecular complexity index is 793. The normalized spacial score (nSPS) is 17.2. The number of hydrogen-bond acceptors (Lipinski definition) is 0. The number of alkyl halides is 25. The Morgan fingerprint density at radius 3 is 0.474 bits per heavy atom. The Morgan fingerprint density at radius 2 is 0.342 bits per heavy atom. The monoisotopic (exact) mass is 634 g/mol. The van der Waals surface area contributed by atoms with E-state index in [4.69, 9.17) is 0 Å². The molecule has 0 nitrogen and oxygen atoms in total. The summed E-state index contributed by atoms with van der Waals surface area (Å²) >= 11 is 0. The lowest BCUT2D eigenvalue weighted by molar-refractivity contribution is -0.481. The molecule has 0 amide bonds. The molecule has 230 valence electrons. The highest BCUT2D eigenvalue weighted by Gasteiger charge is 2.99. The summed E-state index contributed by atoms with van der Waals surface area (Å²) in [5, 5.41) is 0. The maximum atomic E-state index is 13.4. The minimum Gasteiger partial charge on any atom is -0.200 e. The van der Waals surface area contributed by atoms with Crippen LogP contribution < -0.4 is 0 Å². The first-order valence-corrected chi connectivity index (χ1v) is 7.97. The van der Waals surface area contributed by atoms with Crippen LogP contribution in [0.4, 0.5) is 110 Å². The van der Waals surface area contributed by atoms with Crippen molar-refractivity contribution < 1.29 is 110 Å². The predicted octanol–water partition coefficient (Wildman–Crippen LogP) is 8.56. The van der Waals surface area contributed by atoms with Crippen molar-refractivity contribution in [3.8, 4) is 0 Å². The standard InChI is InChI=1S/C13H3F25/c1-2(14,15)3(16,17)4(18,19)5(20,21)6(22,23)7(24,25)8(26,27)9(28,29)10(30,31)11(32,33)12(34,35)13(36,37)38/h1H3. The predicted molar refractivity (Wildman–Crippen MR) is 66.1 cm³/mol. The molecule has 0 radical (unpaired) electrons. The third-order valence-electron chi connectivity index (χ3n) is 4.46. The first-order valence-electron chi connectivity index (χ1n) is 7.97. The topological polar surface area (TPSA) is 0 Å². The SMILES string of the molecule is CC(F)(F)C(F)(F)C(F)(F)C(F)(F)C(F)(F)C(F)(F)C(F)(F)C(F)(F)C(F)(F)C(F)(F)C(F)(F)C(F)(F)F. The average molecular weight is 634 g/mol. The van der Waals surface area contributed by atoms with E-state index in [1.807, 2.05) is 0 Å². The summed E-state index contributed by atoms with van der Waals surface area (Å²) in [6, 6.07) is 0. The quantitative estimate of drug-likeness (QED) is 0.212. The fourth-order valence-corrected chi connectivity index (χ4v) is 2.03. The maximum absolute atomic E-state index is 13.4. The van der Waals surface area contributed by atoms with Crippen molar-refractivity contribution in [1.82, 2.24) is 0 Å². The van der Waals surface area contributed by atoms with Crippen LogP contribution in [0.3, 0.4) is 0 Å². The molecule has 0 aliphatic heterocycles. The van der Waals surface area contributed by atoms with E-state index in [0.717, 1.165) is 0 Å².